The molecule has 0 radical (unpaired) electrons. The minimum atomic E-state index is -0.424. The van der Waals surface area contributed by atoms with E-state index < -0.39 is 5.91 Å². The summed E-state index contributed by atoms with van der Waals surface area (Å²) in [5.74, 6) is 0.217. The Kier molecular flexibility index (Phi) is 3.92. The van der Waals surface area contributed by atoms with Crippen molar-refractivity contribution in [1.29, 1.82) is 0 Å². The number of pyridine rings is 1. The molecule has 0 unspecified atom stereocenters. The number of carbonyl (C=O) groups is 1. The number of amides is 1. The van der Waals surface area contributed by atoms with Gasteiger partial charge in [0.05, 0.1) is 29.2 Å². The molecule has 124 valence electrons. The number of primary amides is 1. The quantitative estimate of drug-likeness (QED) is 0.791. The molecule has 0 fully saturated rings. The van der Waals surface area contributed by atoms with Gasteiger partial charge in [0.2, 0.25) is 5.91 Å². The van der Waals surface area contributed by atoms with E-state index in [-0.39, 0.29) is 6.42 Å². The van der Waals surface area contributed by atoms with Gasteiger partial charge in [-0.1, -0.05) is 0 Å². The second-order valence-electron chi connectivity index (χ2n) is 6.00. The fourth-order valence-electron chi connectivity index (χ4n) is 2.81. The predicted octanol–water partition coefficient (Wildman–Crippen LogP) is 1.71. The Bertz CT molecular complexity index is 857. The van der Waals surface area contributed by atoms with Crippen molar-refractivity contribution in [2.75, 3.05) is 0 Å². The van der Waals surface area contributed by atoms with Crippen LogP contribution in [0.1, 0.15) is 28.5 Å². The lowest BCUT2D eigenvalue weighted by Crippen LogP contribution is -2.16. The molecule has 0 saturated carbocycles. The summed E-state index contributed by atoms with van der Waals surface area (Å²) < 4.78 is 3.59. The number of hydrogen-bond donors (Lipinski definition) is 1. The summed E-state index contributed by atoms with van der Waals surface area (Å²) in [6.45, 7) is 7.82. The van der Waals surface area contributed by atoms with Crippen molar-refractivity contribution in [3.05, 3.63) is 52.7 Å². The molecule has 7 nitrogen and oxygen atoms in total. The van der Waals surface area contributed by atoms with Gasteiger partial charge in [-0.3, -0.25) is 4.79 Å². The summed E-state index contributed by atoms with van der Waals surface area (Å²) in [7, 11) is 0. The van der Waals surface area contributed by atoms with Gasteiger partial charge in [-0.2, -0.15) is 10.2 Å². The maximum Gasteiger partial charge on any atom is 0.223 e. The van der Waals surface area contributed by atoms with Gasteiger partial charge in [0, 0.05) is 17.5 Å². The van der Waals surface area contributed by atoms with Gasteiger partial charge in [-0.25, -0.2) is 14.3 Å². The zero-order chi connectivity index (χ0) is 17.4. The highest BCUT2D eigenvalue weighted by atomic mass is 16.1. The predicted molar refractivity (Wildman–Crippen MR) is 90.3 cm³/mol. The molecular formula is C17H20N6O. The summed E-state index contributed by atoms with van der Waals surface area (Å²) in [6, 6.07) is 7.71. The summed E-state index contributed by atoms with van der Waals surface area (Å²) in [5.41, 5.74) is 10.6. The number of carbonyl (C=O) groups excluding carboxylic acids is 1. The Morgan fingerprint density at radius 1 is 0.958 bits per heavy atom. The van der Waals surface area contributed by atoms with E-state index in [2.05, 4.69) is 15.2 Å². The average Bonchev–Trinajstić information content (AvgIpc) is 2.99. The molecular weight excluding hydrogens is 304 g/mol. The van der Waals surface area contributed by atoms with Gasteiger partial charge < -0.3 is 5.73 Å². The van der Waals surface area contributed by atoms with Crippen molar-refractivity contribution < 1.29 is 4.79 Å². The molecule has 2 N–H and O–H groups in total. The van der Waals surface area contributed by atoms with E-state index in [4.69, 9.17) is 5.73 Å². The van der Waals surface area contributed by atoms with Gasteiger partial charge >= 0.3 is 0 Å². The van der Waals surface area contributed by atoms with E-state index in [0.717, 1.165) is 28.5 Å². The van der Waals surface area contributed by atoms with E-state index in [1.54, 1.807) is 4.68 Å². The first kappa shape index (κ1) is 15.9. The Balaban J connectivity index is 2.19. The van der Waals surface area contributed by atoms with Crippen LogP contribution in [0.3, 0.4) is 0 Å². The SMILES string of the molecule is Cc1cc(C)n(-c2cc(CC(N)=O)nc(-n3nc(C)cc3C)c2)n1. The molecule has 3 aromatic heterocycles. The standard InChI is InChI=1S/C17H20N6O/c1-10-5-12(3)22(20-10)15-7-14(8-16(18)24)19-17(9-15)23-13(4)6-11(2)21-23/h5-7,9H,8H2,1-4H3,(H2,18,24). The molecule has 0 aliphatic carbocycles. The third kappa shape index (κ3) is 3.05. The lowest BCUT2D eigenvalue weighted by atomic mass is 10.2. The third-order valence-electron chi connectivity index (χ3n) is 3.69. The minimum Gasteiger partial charge on any atom is -0.369 e. The summed E-state index contributed by atoms with van der Waals surface area (Å²) in [4.78, 5) is 15.9. The second kappa shape index (κ2) is 5.92. The fraction of sp³-hybridized carbons (Fsp3) is 0.294. The van der Waals surface area contributed by atoms with Crippen LogP contribution < -0.4 is 5.73 Å². The average molecular weight is 324 g/mol. The molecule has 0 spiro atoms. The van der Waals surface area contributed by atoms with Crippen molar-refractivity contribution in [3.8, 4) is 11.5 Å². The number of aromatic nitrogens is 5. The first-order chi connectivity index (χ1) is 11.3. The Morgan fingerprint density at radius 2 is 1.54 bits per heavy atom. The number of aryl methyl sites for hydroxylation is 4. The number of nitrogens with zero attached hydrogens (tertiary/aromatic N) is 5. The number of rotatable bonds is 4. The first-order valence-corrected chi connectivity index (χ1v) is 7.70. The van der Waals surface area contributed by atoms with Crippen LogP contribution in [0.2, 0.25) is 0 Å². The maximum atomic E-state index is 11.3. The van der Waals surface area contributed by atoms with Gasteiger partial charge in [-0.15, -0.1) is 0 Å². The van der Waals surface area contributed by atoms with E-state index in [1.807, 2.05) is 56.6 Å². The fourth-order valence-corrected chi connectivity index (χ4v) is 2.81. The largest absolute Gasteiger partial charge is 0.369 e. The van der Waals surface area contributed by atoms with Crippen molar-refractivity contribution in [2.24, 2.45) is 5.73 Å². The second-order valence-corrected chi connectivity index (χ2v) is 6.00. The van der Waals surface area contributed by atoms with E-state index >= 15 is 0 Å². The molecule has 0 bridgehead atoms. The van der Waals surface area contributed by atoms with E-state index in [1.165, 1.54) is 0 Å². The van der Waals surface area contributed by atoms with Gasteiger partial charge in [-0.05, 0) is 45.9 Å². The minimum absolute atomic E-state index is 0.0689. The van der Waals surface area contributed by atoms with E-state index in [9.17, 15) is 4.79 Å². The van der Waals surface area contributed by atoms with Crippen LogP contribution in [0.5, 0.6) is 0 Å². The van der Waals surface area contributed by atoms with Crippen molar-refractivity contribution in [1.82, 2.24) is 24.5 Å². The van der Waals surface area contributed by atoms with Crippen molar-refractivity contribution in [2.45, 2.75) is 34.1 Å². The Labute approximate surface area is 140 Å². The lowest BCUT2D eigenvalue weighted by molar-refractivity contribution is -0.117. The van der Waals surface area contributed by atoms with Crippen LogP contribution in [0.15, 0.2) is 24.3 Å². The van der Waals surface area contributed by atoms with Crippen LogP contribution >= 0.6 is 0 Å². The number of nitrogens with two attached hydrogens (primary N) is 1. The van der Waals surface area contributed by atoms with Gasteiger partial charge in [0.1, 0.15) is 0 Å². The molecule has 3 heterocycles. The summed E-state index contributed by atoms with van der Waals surface area (Å²) in [5, 5.41) is 8.98. The molecule has 0 aliphatic rings. The molecule has 0 aromatic carbocycles. The maximum absolute atomic E-state index is 11.3. The zero-order valence-electron chi connectivity index (χ0n) is 14.2. The highest BCUT2D eigenvalue weighted by Crippen LogP contribution is 2.18. The molecule has 3 rings (SSSR count). The monoisotopic (exact) mass is 324 g/mol. The molecule has 0 saturated heterocycles. The van der Waals surface area contributed by atoms with Gasteiger partial charge in [0.25, 0.3) is 0 Å². The van der Waals surface area contributed by atoms with Crippen LogP contribution in [0.4, 0.5) is 0 Å². The molecule has 7 heteroatoms. The van der Waals surface area contributed by atoms with Crippen molar-refractivity contribution in [3.63, 3.8) is 0 Å². The van der Waals surface area contributed by atoms with Crippen LogP contribution in [-0.2, 0) is 11.2 Å². The molecule has 1 amide bonds. The van der Waals surface area contributed by atoms with E-state index in [0.29, 0.717) is 11.5 Å². The molecule has 0 aliphatic heterocycles. The van der Waals surface area contributed by atoms with Crippen LogP contribution in [0, 0.1) is 27.7 Å². The molecule has 24 heavy (non-hydrogen) atoms. The van der Waals surface area contributed by atoms with Crippen LogP contribution in [-0.4, -0.2) is 30.5 Å². The summed E-state index contributed by atoms with van der Waals surface area (Å²) in [6.07, 6.45) is 0.0689. The Morgan fingerprint density at radius 3 is 2.04 bits per heavy atom. The van der Waals surface area contributed by atoms with Crippen molar-refractivity contribution >= 4 is 5.91 Å². The molecule has 0 atom stereocenters. The smallest absolute Gasteiger partial charge is 0.223 e. The zero-order valence-corrected chi connectivity index (χ0v) is 14.2. The third-order valence-corrected chi connectivity index (χ3v) is 3.69. The highest BCUT2D eigenvalue weighted by molar-refractivity contribution is 5.76. The first-order valence-electron chi connectivity index (χ1n) is 7.70. The normalized spacial score (nSPS) is 11.0. The molecule has 3 aromatic rings. The Hall–Kier alpha value is -2.96. The van der Waals surface area contributed by atoms with Gasteiger partial charge in [0.15, 0.2) is 5.82 Å². The van der Waals surface area contributed by atoms with Crippen LogP contribution in [0.25, 0.3) is 11.5 Å². The highest BCUT2D eigenvalue weighted by Gasteiger charge is 2.13. The topological polar surface area (TPSA) is 91.6 Å². The summed E-state index contributed by atoms with van der Waals surface area (Å²) >= 11 is 0. The number of hydrogen-bond acceptors (Lipinski definition) is 4. The lowest BCUT2D eigenvalue weighted by Gasteiger charge is -2.11.